The molecule has 0 fully saturated rings. The van der Waals surface area contributed by atoms with Crippen LogP contribution in [-0.4, -0.2) is 0 Å². The van der Waals surface area contributed by atoms with Gasteiger partial charge in [0.2, 0.25) is 0 Å². The van der Waals surface area contributed by atoms with Gasteiger partial charge in [-0.25, -0.2) is 0 Å². The molecule has 0 amide bonds. The average molecular weight is 141 g/mol. The van der Waals surface area contributed by atoms with Crippen LogP contribution in [0.15, 0.2) is 11.3 Å². The Kier molecular flexibility index (Phi) is 2.95. The first-order chi connectivity index (χ1) is 4.41. The van der Waals surface area contributed by atoms with Crippen LogP contribution in [0.3, 0.4) is 0 Å². The van der Waals surface area contributed by atoms with Crippen LogP contribution in [0, 0.1) is 5.41 Å². The Hall–Kier alpha value is -0.460. The summed E-state index contributed by atoms with van der Waals surface area (Å²) in [5.41, 5.74) is 8.23. The van der Waals surface area contributed by atoms with Crippen molar-refractivity contribution in [2.75, 3.05) is 0 Å². The van der Waals surface area contributed by atoms with Gasteiger partial charge in [0.05, 0.1) is 0 Å². The second-order valence-corrected chi connectivity index (χ2v) is 3.55. The predicted octanol–water partition coefficient (Wildman–Crippen LogP) is 2.68. The monoisotopic (exact) mass is 141 g/mol. The van der Waals surface area contributed by atoms with Crippen molar-refractivity contribution in [3.05, 3.63) is 11.3 Å². The van der Waals surface area contributed by atoms with E-state index in [-0.39, 0.29) is 5.41 Å². The van der Waals surface area contributed by atoms with Gasteiger partial charge in [0.1, 0.15) is 0 Å². The number of nitrogens with two attached hydrogens (primary N) is 1. The Labute approximate surface area is 64.3 Å². The molecule has 0 aliphatic rings. The maximum Gasteiger partial charge on any atom is 0.00434 e. The number of hydrogen-bond donors (Lipinski definition) is 1. The third-order valence-corrected chi connectivity index (χ3v) is 2.49. The zero-order valence-corrected chi connectivity index (χ0v) is 7.78. The lowest BCUT2D eigenvalue weighted by Gasteiger charge is -2.24. The molecular formula is C9H19N. The van der Waals surface area contributed by atoms with Gasteiger partial charge in [0.15, 0.2) is 0 Å². The molecule has 0 aliphatic heterocycles. The minimum Gasteiger partial charge on any atom is -0.402 e. The molecule has 0 radical (unpaired) electrons. The van der Waals surface area contributed by atoms with Crippen molar-refractivity contribution in [1.29, 1.82) is 0 Å². The third-order valence-electron chi connectivity index (χ3n) is 2.49. The van der Waals surface area contributed by atoms with E-state index in [1.54, 1.807) is 0 Å². The van der Waals surface area contributed by atoms with E-state index in [2.05, 4.69) is 27.7 Å². The van der Waals surface area contributed by atoms with Crippen LogP contribution in [0.5, 0.6) is 0 Å². The highest BCUT2D eigenvalue weighted by molar-refractivity contribution is 5.13. The highest BCUT2D eigenvalue weighted by atomic mass is 14.6. The molecule has 0 aromatic heterocycles. The molecule has 0 aromatic carbocycles. The van der Waals surface area contributed by atoms with Crippen molar-refractivity contribution >= 4 is 0 Å². The fourth-order valence-corrected chi connectivity index (χ4v) is 0.799. The van der Waals surface area contributed by atoms with Crippen LogP contribution < -0.4 is 5.73 Å². The largest absolute Gasteiger partial charge is 0.402 e. The molecule has 0 aliphatic carbocycles. The zero-order valence-electron chi connectivity index (χ0n) is 7.78. The smallest absolute Gasteiger partial charge is 0.00434 e. The molecule has 0 aromatic rings. The van der Waals surface area contributed by atoms with Crippen LogP contribution in [0.2, 0.25) is 0 Å². The second-order valence-electron chi connectivity index (χ2n) is 3.55. The number of rotatable bonds is 2. The molecule has 0 saturated carbocycles. The minimum atomic E-state index is 0.277. The van der Waals surface area contributed by atoms with Crippen molar-refractivity contribution in [3.8, 4) is 0 Å². The lowest BCUT2D eigenvalue weighted by atomic mass is 9.82. The van der Waals surface area contributed by atoms with Crippen molar-refractivity contribution in [2.45, 2.75) is 41.0 Å². The van der Waals surface area contributed by atoms with Gasteiger partial charge in [-0.3, -0.25) is 0 Å². The molecule has 0 heterocycles. The van der Waals surface area contributed by atoms with Crippen LogP contribution in [-0.2, 0) is 0 Å². The maximum absolute atomic E-state index is 5.68. The Morgan fingerprint density at radius 1 is 1.30 bits per heavy atom. The summed E-state index contributed by atoms with van der Waals surface area (Å²) >= 11 is 0. The van der Waals surface area contributed by atoms with Crippen LogP contribution in [0.4, 0.5) is 0 Å². The van der Waals surface area contributed by atoms with Gasteiger partial charge in [-0.2, -0.15) is 0 Å². The van der Waals surface area contributed by atoms with E-state index < -0.39 is 0 Å². The molecule has 60 valence electrons. The van der Waals surface area contributed by atoms with Crippen molar-refractivity contribution < 1.29 is 0 Å². The highest BCUT2D eigenvalue weighted by Crippen LogP contribution is 2.30. The fraction of sp³-hybridized carbons (Fsp3) is 0.778. The van der Waals surface area contributed by atoms with E-state index in [9.17, 15) is 0 Å². The molecule has 0 spiro atoms. The van der Waals surface area contributed by atoms with Crippen molar-refractivity contribution in [1.82, 2.24) is 0 Å². The standard InChI is InChI=1S/C9H19N/c1-6-9(4,5)7(2)8(3)10/h6,10H2,1-5H3/b8-7+. The Morgan fingerprint density at radius 2 is 1.70 bits per heavy atom. The van der Waals surface area contributed by atoms with Gasteiger partial charge >= 0.3 is 0 Å². The molecule has 10 heavy (non-hydrogen) atoms. The fourth-order valence-electron chi connectivity index (χ4n) is 0.799. The van der Waals surface area contributed by atoms with Crippen molar-refractivity contribution in [3.63, 3.8) is 0 Å². The summed E-state index contributed by atoms with van der Waals surface area (Å²) in [6.45, 7) is 10.7. The molecule has 0 bridgehead atoms. The van der Waals surface area contributed by atoms with Crippen LogP contribution in [0.25, 0.3) is 0 Å². The molecule has 0 rings (SSSR count). The molecule has 2 N–H and O–H groups in total. The van der Waals surface area contributed by atoms with Crippen molar-refractivity contribution in [2.24, 2.45) is 11.1 Å². The van der Waals surface area contributed by atoms with E-state index >= 15 is 0 Å². The molecule has 0 saturated heterocycles. The van der Waals surface area contributed by atoms with Crippen LogP contribution >= 0.6 is 0 Å². The summed E-state index contributed by atoms with van der Waals surface area (Å²) < 4.78 is 0. The van der Waals surface area contributed by atoms with E-state index in [4.69, 9.17) is 5.73 Å². The minimum absolute atomic E-state index is 0.277. The van der Waals surface area contributed by atoms with Gasteiger partial charge in [0.25, 0.3) is 0 Å². The van der Waals surface area contributed by atoms with E-state index in [0.29, 0.717) is 0 Å². The second kappa shape index (κ2) is 3.09. The molecule has 0 atom stereocenters. The predicted molar refractivity (Wildman–Crippen MR) is 46.6 cm³/mol. The highest BCUT2D eigenvalue weighted by Gasteiger charge is 2.17. The molecule has 0 unspecified atom stereocenters. The summed E-state index contributed by atoms with van der Waals surface area (Å²) in [6, 6.07) is 0. The van der Waals surface area contributed by atoms with Gasteiger partial charge < -0.3 is 5.73 Å². The zero-order chi connectivity index (χ0) is 8.36. The first-order valence-corrected chi connectivity index (χ1v) is 3.85. The molecule has 1 nitrogen and oxygen atoms in total. The van der Waals surface area contributed by atoms with Crippen LogP contribution in [0.1, 0.15) is 41.0 Å². The first-order valence-electron chi connectivity index (χ1n) is 3.85. The Bertz CT molecular complexity index is 139. The Balaban J connectivity index is 4.49. The lowest BCUT2D eigenvalue weighted by Crippen LogP contribution is -2.15. The third kappa shape index (κ3) is 2.05. The van der Waals surface area contributed by atoms with E-state index in [1.807, 2.05) is 6.92 Å². The summed E-state index contributed by atoms with van der Waals surface area (Å²) in [4.78, 5) is 0. The maximum atomic E-state index is 5.68. The first kappa shape index (κ1) is 9.54. The van der Waals surface area contributed by atoms with Gasteiger partial charge in [-0.1, -0.05) is 20.8 Å². The summed E-state index contributed by atoms with van der Waals surface area (Å²) in [5, 5.41) is 0. The van der Waals surface area contributed by atoms with Gasteiger partial charge in [-0.15, -0.1) is 0 Å². The topological polar surface area (TPSA) is 26.0 Å². The normalized spacial score (nSPS) is 14.9. The van der Waals surface area contributed by atoms with Gasteiger partial charge in [0, 0.05) is 5.70 Å². The van der Waals surface area contributed by atoms with E-state index in [0.717, 1.165) is 12.1 Å². The number of allylic oxidation sites excluding steroid dienone is 2. The quantitative estimate of drug-likeness (QED) is 0.628. The number of hydrogen-bond acceptors (Lipinski definition) is 1. The Morgan fingerprint density at radius 3 is 1.80 bits per heavy atom. The average Bonchev–Trinajstić information content (AvgIpc) is 1.86. The van der Waals surface area contributed by atoms with Gasteiger partial charge in [-0.05, 0) is 31.3 Å². The lowest BCUT2D eigenvalue weighted by molar-refractivity contribution is 0.425. The summed E-state index contributed by atoms with van der Waals surface area (Å²) in [6.07, 6.45) is 1.15. The summed E-state index contributed by atoms with van der Waals surface area (Å²) in [7, 11) is 0. The summed E-state index contributed by atoms with van der Waals surface area (Å²) in [5.74, 6) is 0. The van der Waals surface area contributed by atoms with E-state index in [1.165, 1.54) is 5.57 Å². The SMILES string of the molecule is CCC(C)(C)/C(C)=C(\C)N. The molecule has 1 heteroatoms. The molecular weight excluding hydrogens is 122 g/mol.